The standard InChI is InChI=1S/C13H10Br2N2O3/c14-11-5-9(17(18)19)6-12(15)13(11)20-10-3-1-2-8(4-10)7-16/h1-6H,7,16H2. The minimum Gasteiger partial charge on any atom is -0.455 e. The summed E-state index contributed by atoms with van der Waals surface area (Å²) in [5, 5.41) is 10.8. The van der Waals surface area contributed by atoms with Crippen LogP contribution in [0.15, 0.2) is 45.3 Å². The summed E-state index contributed by atoms with van der Waals surface area (Å²) in [4.78, 5) is 10.3. The van der Waals surface area contributed by atoms with E-state index >= 15 is 0 Å². The first-order chi connectivity index (χ1) is 9.51. The van der Waals surface area contributed by atoms with Crippen molar-refractivity contribution in [3.8, 4) is 11.5 Å². The number of benzene rings is 2. The van der Waals surface area contributed by atoms with Gasteiger partial charge in [0.15, 0.2) is 5.75 Å². The van der Waals surface area contributed by atoms with E-state index in [9.17, 15) is 10.1 Å². The maximum atomic E-state index is 10.8. The van der Waals surface area contributed by atoms with Gasteiger partial charge in [0.25, 0.3) is 5.69 Å². The minimum absolute atomic E-state index is 0.0215. The quantitative estimate of drug-likeness (QED) is 0.609. The molecular weight excluding hydrogens is 392 g/mol. The average molecular weight is 402 g/mol. The van der Waals surface area contributed by atoms with Gasteiger partial charge in [-0.2, -0.15) is 0 Å². The van der Waals surface area contributed by atoms with Crippen LogP contribution in [0.4, 0.5) is 5.69 Å². The molecule has 2 aromatic rings. The van der Waals surface area contributed by atoms with Crippen LogP contribution in [0, 0.1) is 10.1 Å². The van der Waals surface area contributed by atoms with Crippen molar-refractivity contribution in [1.29, 1.82) is 0 Å². The summed E-state index contributed by atoms with van der Waals surface area (Å²) < 4.78 is 6.74. The van der Waals surface area contributed by atoms with Crippen LogP contribution in [-0.2, 0) is 6.54 Å². The van der Waals surface area contributed by atoms with E-state index in [1.54, 1.807) is 6.07 Å². The van der Waals surface area contributed by atoms with Crippen LogP contribution in [0.5, 0.6) is 11.5 Å². The lowest BCUT2D eigenvalue weighted by molar-refractivity contribution is -0.385. The molecule has 0 saturated carbocycles. The van der Waals surface area contributed by atoms with Crippen LogP contribution in [-0.4, -0.2) is 4.92 Å². The van der Waals surface area contributed by atoms with Crippen molar-refractivity contribution in [2.45, 2.75) is 6.54 Å². The highest BCUT2D eigenvalue weighted by atomic mass is 79.9. The number of rotatable bonds is 4. The zero-order valence-corrected chi connectivity index (χ0v) is 13.3. The summed E-state index contributed by atoms with van der Waals surface area (Å²) in [7, 11) is 0. The average Bonchev–Trinajstić information content (AvgIpc) is 2.42. The molecule has 0 amide bonds. The van der Waals surface area contributed by atoms with Gasteiger partial charge >= 0.3 is 0 Å². The highest BCUT2D eigenvalue weighted by molar-refractivity contribution is 9.11. The van der Waals surface area contributed by atoms with Crippen LogP contribution in [0.2, 0.25) is 0 Å². The minimum atomic E-state index is -0.464. The molecule has 7 heteroatoms. The largest absolute Gasteiger partial charge is 0.455 e. The summed E-state index contributed by atoms with van der Waals surface area (Å²) in [6.45, 7) is 0.416. The SMILES string of the molecule is NCc1cccc(Oc2c(Br)cc([N+](=O)[O-])cc2Br)c1. The number of nitrogens with zero attached hydrogens (tertiary/aromatic N) is 1. The lowest BCUT2D eigenvalue weighted by Crippen LogP contribution is -1.96. The van der Waals surface area contributed by atoms with E-state index in [0.717, 1.165) is 5.56 Å². The Balaban J connectivity index is 2.36. The molecule has 0 fully saturated rings. The summed E-state index contributed by atoms with van der Waals surface area (Å²) in [5.41, 5.74) is 6.50. The Hall–Kier alpha value is -1.44. The predicted molar refractivity (Wildman–Crippen MR) is 82.9 cm³/mol. The van der Waals surface area contributed by atoms with Gasteiger partial charge in [-0.25, -0.2) is 0 Å². The molecule has 0 aromatic heterocycles. The second-order valence-electron chi connectivity index (χ2n) is 3.95. The second kappa shape index (κ2) is 6.34. The first-order valence-electron chi connectivity index (χ1n) is 5.61. The molecule has 0 saturated heterocycles. The Morgan fingerprint density at radius 1 is 1.20 bits per heavy atom. The van der Waals surface area contributed by atoms with Gasteiger partial charge in [-0.15, -0.1) is 0 Å². The Morgan fingerprint density at radius 2 is 1.85 bits per heavy atom. The maximum Gasteiger partial charge on any atom is 0.271 e. The third kappa shape index (κ3) is 3.36. The number of ether oxygens (including phenoxy) is 1. The number of halogens is 2. The van der Waals surface area contributed by atoms with Gasteiger partial charge in [-0.3, -0.25) is 10.1 Å². The zero-order chi connectivity index (χ0) is 14.7. The summed E-state index contributed by atoms with van der Waals surface area (Å²) in [5.74, 6) is 1.09. The van der Waals surface area contributed by atoms with Crippen molar-refractivity contribution < 1.29 is 9.66 Å². The molecule has 2 rings (SSSR count). The van der Waals surface area contributed by atoms with Crippen LogP contribution in [0.1, 0.15) is 5.56 Å². The van der Waals surface area contributed by atoms with Crippen molar-refractivity contribution in [2.24, 2.45) is 5.73 Å². The number of nitro groups is 1. The normalized spacial score (nSPS) is 10.3. The summed E-state index contributed by atoms with van der Waals surface area (Å²) in [6, 6.07) is 10.1. The molecule has 0 aliphatic rings. The number of nitrogens with two attached hydrogens (primary N) is 1. The summed E-state index contributed by atoms with van der Waals surface area (Å²) in [6.07, 6.45) is 0. The van der Waals surface area contributed by atoms with Gasteiger partial charge < -0.3 is 10.5 Å². The van der Waals surface area contributed by atoms with Crippen molar-refractivity contribution in [2.75, 3.05) is 0 Å². The Morgan fingerprint density at radius 3 is 2.40 bits per heavy atom. The maximum absolute atomic E-state index is 10.8. The second-order valence-corrected chi connectivity index (χ2v) is 5.66. The van der Waals surface area contributed by atoms with Gasteiger partial charge in [0, 0.05) is 18.7 Å². The van der Waals surface area contributed by atoms with Gasteiger partial charge in [0.2, 0.25) is 0 Å². The molecule has 0 atom stereocenters. The molecule has 0 aliphatic carbocycles. The number of nitro benzene ring substituents is 1. The molecule has 2 N–H and O–H groups in total. The van der Waals surface area contributed by atoms with Crippen molar-refractivity contribution in [1.82, 2.24) is 0 Å². The van der Waals surface area contributed by atoms with Crippen LogP contribution in [0.25, 0.3) is 0 Å². The van der Waals surface area contributed by atoms with Crippen LogP contribution >= 0.6 is 31.9 Å². The van der Waals surface area contributed by atoms with E-state index in [1.165, 1.54) is 12.1 Å². The number of hydrogen-bond donors (Lipinski definition) is 1. The Labute approximate surface area is 132 Å². The van der Waals surface area contributed by atoms with Crippen LogP contribution < -0.4 is 10.5 Å². The molecule has 20 heavy (non-hydrogen) atoms. The molecule has 0 aliphatic heterocycles. The van der Waals surface area contributed by atoms with Crippen molar-refractivity contribution in [3.63, 3.8) is 0 Å². The van der Waals surface area contributed by atoms with Gasteiger partial charge in [0.05, 0.1) is 13.9 Å². The third-order valence-corrected chi connectivity index (χ3v) is 3.73. The van der Waals surface area contributed by atoms with E-state index < -0.39 is 4.92 Å². The van der Waals surface area contributed by atoms with Crippen molar-refractivity contribution >= 4 is 37.5 Å². The molecule has 104 valence electrons. The van der Waals surface area contributed by atoms with Crippen molar-refractivity contribution in [3.05, 3.63) is 61.0 Å². The molecule has 5 nitrogen and oxygen atoms in total. The van der Waals surface area contributed by atoms with Crippen LogP contribution in [0.3, 0.4) is 0 Å². The smallest absolute Gasteiger partial charge is 0.271 e. The number of hydrogen-bond acceptors (Lipinski definition) is 4. The Kier molecular flexibility index (Phi) is 4.74. The predicted octanol–water partition coefficient (Wildman–Crippen LogP) is 4.37. The molecular formula is C13H10Br2N2O3. The fourth-order valence-electron chi connectivity index (χ4n) is 1.60. The lowest BCUT2D eigenvalue weighted by Gasteiger charge is -2.10. The topological polar surface area (TPSA) is 78.4 Å². The first-order valence-corrected chi connectivity index (χ1v) is 7.20. The Bertz CT molecular complexity index is 639. The fourth-order valence-corrected chi connectivity index (χ4v) is 2.93. The highest BCUT2D eigenvalue weighted by Gasteiger charge is 2.15. The van der Waals surface area contributed by atoms with Gasteiger partial charge in [-0.1, -0.05) is 12.1 Å². The molecule has 0 heterocycles. The zero-order valence-electron chi connectivity index (χ0n) is 10.2. The first kappa shape index (κ1) is 15.0. The highest BCUT2D eigenvalue weighted by Crippen LogP contribution is 2.39. The van der Waals surface area contributed by atoms with E-state index in [2.05, 4.69) is 31.9 Å². The summed E-state index contributed by atoms with van der Waals surface area (Å²) >= 11 is 6.55. The monoisotopic (exact) mass is 400 g/mol. The van der Waals surface area contributed by atoms with E-state index in [0.29, 0.717) is 27.0 Å². The van der Waals surface area contributed by atoms with E-state index in [4.69, 9.17) is 10.5 Å². The molecule has 0 spiro atoms. The van der Waals surface area contributed by atoms with Gasteiger partial charge in [-0.05, 0) is 49.6 Å². The molecule has 0 unspecified atom stereocenters. The fraction of sp³-hybridized carbons (Fsp3) is 0.0769. The molecule has 2 aromatic carbocycles. The van der Waals surface area contributed by atoms with Gasteiger partial charge in [0.1, 0.15) is 5.75 Å². The molecule has 0 radical (unpaired) electrons. The third-order valence-electron chi connectivity index (χ3n) is 2.55. The lowest BCUT2D eigenvalue weighted by atomic mass is 10.2. The number of non-ortho nitro benzene ring substituents is 1. The van der Waals surface area contributed by atoms with E-state index in [1.807, 2.05) is 18.2 Å². The van der Waals surface area contributed by atoms with E-state index in [-0.39, 0.29) is 5.69 Å². The molecule has 0 bridgehead atoms.